The third-order valence-electron chi connectivity index (χ3n) is 6.89. The number of guanidine groups is 1. The van der Waals surface area contributed by atoms with Gasteiger partial charge < -0.3 is 19.7 Å². The molecule has 2 heterocycles. The van der Waals surface area contributed by atoms with Gasteiger partial charge in [0.1, 0.15) is 5.75 Å². The monoisotopic (exact) mass is 400 g/mol. The Morgan fingerprint density at radius 3 is 2.52 bits per heavy atom. The molecule has 4 rings (SSSR count). The lowest BCUT2D eigenvalue weighted by Crippen LogP contribution is -2.44. The molecule has 2 saturated heterocycles. The van der Waals surface area contributed by atoms with E-state index < -0.39 is 0 Å². The summed E-state index contributed by atoms with van der Waals surface area (Å²) in [5.74, 6) is 1.98. The zero-order chi connectivity index (χ0) is 20.1. The van der Waals surface area contributed by atoms with Crippen LogP contribution in [0.25, 0.3) is 0 Å². The van der Waals surface area contributed by atoms with Crippen molar-refractivity contribution < 1.29 is 9.47 Å². The van der Waals surface area contributed by atoms with Gasteiger partial charge in [-0.15, -0.1) is 0 Å². The van der Waals surface area contributed by atoms with E-state index in [-0.39, 0.29) is 6.04 Å². The van der Waals surface area contributed by atoms with Crippen molar-refractivity contribution in [3.8, 4) is 5.75 Å². The number of likely N-dealkylation sites (tertiary alicyclic amines) is 1. The van der Waals surface area contributed by atoms with Crippen molar-refractivity contribution in [3.63, 3.8) is 0 Å². The highest BCUT2D eigenvalue weighted by Crippen LogP contribution is 2.47. The Balaban J connectivity index is 1.51. The summed E-state index contributed by atoms with van der Waals surface area (Å²) in [6, 6.07) is 8.73. The Morgan fingerprint density at radius 1 is 1.17 bits per heavy atom. The van der Waals surface area contributed by atoms with Gasteiger partial charge in [-0.25, -0.2) is 0 Å². The van der Waals surface area contributed by atoms with E-state index in [1.54, 1.807) is 7.11 Å². The standard InChI is InChI=1S/C23H36N4O2/c1-3-24-22(27-12-11-23(18-27)9-4-10-23)25-17-21(26-13-15-29-16-14-26)19-5-7-20(28-2)8-6-19/h5-8,21H,3-4,9-18H2,1-2H3,(H,24,25). The Morgan fingerprint density at radius 2 is 1.93 bits per heavy atom. The lowest BCUT2D eigenvalue weighted by molar-refractivity contribution is 0.0179. The van der Waals surface area contributed by atoms with Gasteiger partial charge in [-0.1, -0.05) is 18.6 Å². The number of hydrogen-bond donors (Lipinski definition) is 1. The number of benzene rings is 1. The maximum absolute atomic E-state index is 5.59. The van der Waals surface area contributed by atoms with Crippen LogP contribution in [0.5, 0.6) is 5.75 Å². The molecule has 1 aromatic rings. The molecule has 1 atom stereocenters. The number of aliphatic imine (C=N–C) groups is 1. The summed E-state index contributed by atoms with van der Waals surface area (Å²) in [5, 5.41) is 3.55. The van der Waals surface area contributed by atoms with Gasteiger partial charge in [0.25, 0.3) is 0 Å². The van der Waals surface area contributed by atoms with Gasteiger partial charge >= 0.3 is 0 Å². The van der Waals surface area contributed by atoms with Crippen LogP contribution in [0.1, 0.15) is 44.2 Å². The fraction of sp³-hybridized carbons (Fsp3) is 0.696. The Hall–Kier alpha value is -1.79. The van der Waals surface area contributed by atoms with Crippen molar-refractivity contribution in [3.05, 3.63) is 29.8 Å². The minimum Gasteiger partial charge on any atom is -0.497 e. The summed E-state index contributed by atoms with van der Waals surface area (Å²) < 4.78 is 10.9. The molecule has 29 heavy (non-hydrogen) atoms. The Kier molecular flexibility index (Phi) is 6.60. The largest absolute Gasteiger partial charge is 0.497 e. The Labute approximate surface area is 175 Å². The molecule has 2 aliphatic heterocycles. The summed E-state index contributed by atoms with van der Waals surface area (Å²) in [7, 11) is 1.71. The molecule has 0 amide bonds. The van der Waals surface area contributed by atoms with Crippen LogP contribution < -0.4 is 10.1 Å². The topological polar surface area (TPSA) is 49.3 Å². The van der Waals surface area contributed by atoms with E-state index in [0.29, 0.717) is 5.41 Å². The summed E-state index contributed by atoms with van der Waals surface area (Å²) in [5.41, 5.74) is 1.87. The molecule has 1 aromatic carbocycles. The third-order valence-corrected chi connectivity index (χ3v) is 6.89. The fourth-order valence-corrected chi connectivity index (χ4v) is 4.95. The predicted molar refractivity (Wildman–Crippen MR) is 117 cm³/mol. The van der Waals surface area contributed by atoms with Crippen LogP contribution in [-0.2, 0) is 4.74 Å². The van der Waals surface area contributed by atoms with E-state index in [9.17, 15) is 0 Å². The molecule has 3 fully saturated rings. The average Bonchev–Trinajstić information content (AvgIpc) is 3.21. The highest BCUT2D eigenvalue weighted by atomic mass is 16.5. The van der Waals surface area contributed by atoms with E-state index in [1.165, 1.54) is 37.8 Å². The second kappa shape index (κ2) is 9.35. The second-order valence-electron chi connectivity index (χ2n) is 8.66. The molecule has 1 saturated carbocycles. The van der Waals surface area contributed by atoms with Crippen molar-refractivity contribution in [1.29, 1.82) is 0 Å². The minimum atomic E-state index is 0.263. The first-order valence-electron chi connectivity index (χ1n) is 11.2. The smallest absolute Gasteiger partial charge is 0.194 e. The molecule has 6 heteroatoms. The highest BCUT2D eigenvalue weighted by molar-refractivity contribution is 5.80. The maximum Gasteiger partial charge on any atom is 0.194 e. The minimum absolute atomic E-state index is 0.263. The van der Waals surface area contributed by atoms with Gasteiger partial charge in [-0.2, -0.15) is 0 Å². The SMILES string of the molecule is CCNC(=NCC(c1ccc(OC)cc1)N1CCOCC1)N1CCC2(CCC2)C1. The van der Waals surface area contributed by atoms with Gasteiger partial charge in [-0.05, 0) is 49.3 Å². The van der Waals surface area contributed by atoms with Gasteiger partial charge in [0, 0.05) is 32.7 Å². The van der Waals surface area contributed by atoms with Gasteiger partial charge in [0.15, 0.2) is 5.96 Å². The lowest BCUT2D eigenvalue weighted by Gasteiger charge is -2.38. The first-order valence-corrected chi connectivity index (χ1v) is 11.2. The van der Waals surface area contributed by atoms with Crippen molar-refractivity contribution in [1.82, 2.24) is 15.1 Å². The molecule has 1 aliphatic carbocycles. The highest BCUT2D eigenvalue weighted by Gasteiger charge is 2.43. The van der Waals surface area contributed by atoms with Crippen LogP contribution in [0.4, 0.5) is 0 Å². The van der Waals surface area contributed by atoms with E-state index in [0.717, 1.165) is 57.6 Å². The van der Waals surface area contributed by atoms with E-state index >= 15 is 0 Å². The van der Waals surface area contributed by atoms with Crippen molar-refractivity contribution >= 4 is 5.96 Å². The zero-order valence-corrected chi connectivity index (χ0v) is 18.0. The van der Waals surface area contributed by atoms with E-state index in [4.69, 9.17) is 14.5 Å². The van der Waals surface area contributed by atoms with Crippen LogP contribution in [0.2, 0.25) is 0 Å². The molecule has 0 bridgehead atoms. The molecular weight excluding hydrogens is 364 g/mol. The number of nitrogens with one attached hydrogen (secondary N) is 1. The quantitative estimate of drug-likeness (QED) is 0.588. The van der Waals surface area contributed by atoms with Crippen LogP contribution >= 0.6 is 0 Å². The van der Waals surface area contributed by atoms with Crippen LogP contribution in [0.15, 0.2) is 29.3 Å². The lowest BCUT2D eigenvalue weighted by atomic mass is 9.68. The number of morpholine rings is 1. The summed E-state index contributed by atoms with van der Waals surface area (Å²) >= 11 is 0. The molecule has 1 spiro atoms. The Bertz CT molecular complexity index is 681. The zero-order valence-electron chi connectivity index (χ0n) is 18.0. The molecular formula is C23H36N4O2. The molecule has 0 radical (unpaired) electrons. The number of methoxy groups -OCH3 is 1. The normalized spacial score (nSPS) is 23.1. The average molecular weight is 401 g/mol. The molecule has 0 aromatic heterocycles. The van der Waals surface area contributed by atoms with Gasteiger partial charge in [0.05, 0.1) is 32.9 Å². The van der Waals surface area contributed by atoms with Crippen molar-refractivity contribution in [2.75, 3.05) is 59.6 Å². The summed E-state index contributed by atoms with van der Waals surface area (Å²) in [4.78, 5) is 10.1. The van der Waals surface area contributed by atoms with Crippen LogP contribution in [-0.4, -0.2) is 75.4 Å². The number of hydrogen-bond acceptors (Lipinski definition) is 4. The van der Waals surface area contributed by atoms with E-state index in [2.05, 4.69) is 46.3 Å². The van der Waals surface area contributed by atoms with Crippen LogP contribution in [0.3, 0.4) is 0 Å². The van der Waals surface area contributed by atoms with Gasteiger partial charge in [-0.3, -0.25) is 9.89 Å². The van der Waals surface area contributed by atoms with E-state index in [1.807, 2.05) is 0 Å². The number of nitrogens with zero attached hydrogens (tertiary/aromatic N) is 3. The van der Waals surface area contributed by atoms with Gasteiger partial charge in [0.2, 0.25) is 0 Å². The summed E-state index contributed by atoms with van der Waals surface area (Å²) in [6.45, 7) is 9.64. The molecule has 6 nitrogen and oxygen atoms in total. The molecule has 160 valence electrons. The number of rotatable bonds is 6. The predicted octanol–water partition coefficient (Wildman–Crippen LogP) is 2.91. The third kappa shape index (κ3) is 4.69. The van der Waals surface area contributed by atoms with Crippen LogP contribution in [0, 0.1) is 5.41 Å². The maximum atomic E-state index is 5.59. The molecule has 1 N–H and O–H groups in total. The van der Waals surface area contributed by atoms with Crippen molar-refractivity contribution in [2.24, 2.45) is 10.4 Å². The number of ether oxygens (including phenoxy) is 2. The first-order chi connectivity index (χ1) is 14.2. The molecule has 3 aliphatic rings. The second-order valence-corrected chi connectivity index (χ2v) is 8.66. The molecule has 1 unspecified atom stereocenters. The first kappa shape index (κ1) is 20.5. The fourth-order valence-electron chi connectivity index (χ4n) is 4.95. The summed E-state index contributed by atoms with van der Waals surface area (Å²) in [6.07, 6.45) is 5.51. The van der Waals surface area contributed by atoms with Crippen molar-refractivity contribution in [2.45, 2.75) is 38.6 Å².